The molecule has 0 radical (unpaired) electrons. The number of para-hydroxylation sites is 2. The quantitative estimate of drug-likeness (QED) is 0.0742. The molecule has 0 spiro atoms. The van der Waals surface area contributed by atoms with Crippen molar-refractivity contribution >= 4 is 75.7 Å². The van der Waals surface area contributed by atoms with Gasteiger partial charge < -0.3 is 15.3 Å². The number of benzene rings is 4. The van der Waals surface area contributed by atoms with E-state index in [1.165, 1.54) is 36.5 Å². The monoisotopic (exact) mass is 683 g/mol. The van der Waals surface area contributed by atoms with Gasteiger partial charge in [0.15, 0.2) is 5.15 Å². The maximum absolute atomic E-state index is 13.3. The van der Waals surface area contributed by atoms with Crippen LogP contribution in [0.25, 0.3) is 33.3 Å². The largest absolute Gasteiger partial charge is 0.488 e. The predicted octanol–water partition coefficient (Wildman–Crippen LogP) is 7.61. The molecular weight excluding hydrogens is 658 g/mol. The first kappa shape index (κ1) is 36.2. The first-order valence-corrected chi connectivity index (χ1v) is 14.6. The minimum Gasteiger partial charge on any atom is -0.423 e. The molecule has 2 aromatic heterocycles. The highest BCUT2D eigenvalue weighted by molar-refractivity contribution is 6.58. The van der Waals surface area contributed by atoms with E-state index in [4.69, 9.17) is 50.1 Å². The van der Waals surface area contributed by atoms with Gasteiger partial charge in [0, 0.05) is 11.8 Å². The molecule has 0 bridgehead atoms. The van der Waals surface area contributed by atoms with Crippen molar-refractivity contribution < 1.29 is 24.0 Å². The molecule has 0 amide bonds. The van der Waals surface area contributed by atoms with E-state index in [1.54, 1.807) is 25.1 Å². The molecule has 0 aliphatic carbocycles. The summed E-state index contributed by atoms with van der Waals surface area (Å²) in [6, 6.07) is 22.4. The van der Waals surface area contributed by atoms with E-state index in [1.807, 2.05) is 44.2 Å². The maximum Gasteiger partial charge on any atom is 0.488 e. The molecule has 0 saturated carbocycles. The first-order valence-electron chi connectivity index (χ1n) is 13.5. The van der Waals surface area contributed by atoms with Crippen molar-refractivity contribution in [2.75, 3.05) is 0 Å². The lowest BCUT2D eigenvalue weighted by atomic mass is 9.80. The number of hydrogen-bond donors (Lipinski definition) is 3. The van der Waals surface area contributed by atoms with Crippen LogP contribution in [-0.2, 0) is 0 Å². The van der Waals surface area contributed by atoms with Gasteiger partial charge in [-0.1, -0.05) is 71.2 Å². The maximum atomic E-state index is 13.3. The van der Waals surface area contributed by atoms with Gasteiger partial charge in [-0.3, -0.25) is 0 Å². The Balaban J connectivity index is 0.000000186. The lowest BCUT2D eigenvalue weighted by Gasteiger charge is -2.07. The highest BCUT2D eigenvalue weighted by atomic mass is 35.5. The number of hydrogen-bond acceptors (Lipinski definition) is 8. The third-order valence-corrected chi connectivity index (χ3v) is 6.91. The van der Waals surface area contributed by atoms with Gasteiger partial charge in [-0.2, -0.15) is 0 Å². The van der Waals surface area contributed by atoms with Crippen molar-refractivity contribution in [2.24, 2.45) is 5.16 Å². The number of aryl methyl sites for hydroxylation is 2. The standard InChI is InChI=1S/C15H10ClFN2.C9H6Cl2N2.C6H6BFO2.C2H5NO/c1-9-14(10-4-2-5-11(17)8-10)19-15-12(16)6-3-7-13(15)18-9;1-5-9(11)13-8-6(10)3-2-4-7(8)12-5;8-6-3-1-2-5(4-6)7(9)10;1-2-3-4/h2-8H,1H3;2-4H,1H3;1-4,9-10H;2,4H,1H3/b;;;3-2+. The summed E-state index contributed by atoms with van der Waals surface area (Å²) in [6.45, 7) is 5.31. The van der Waals surface area contributed by atoms with Gasteiger partial charge in [0.2, 0.25) is 0 Å². The van der Waals surface area contributed by atoms with E-state index in [0.29, 0.717) is 37.5 Å². The van der Waals surface area contributed by atoms with Crippen LogP contribution in [0.1, 0.15) is 18.3 Å². The van der Waals surface area contributed by atoms with Crippen LogP contribution < -0.4 is 5.46 Å². The minimum atomic E-state index is -1.59. The number of rotatable bonds is 2. The van der Waals surface area contributed by atoms with Gasteiger partial charge >= 0.3 is 7.12 Å². The van der Waals surface area contributed by atoms with Crippen LogP contribution in [0, 0.1) is 25.5 Å². The number of oxime groups is 1. The lowest BCUT2D eigenvalue weighted by molar-refractivity contribution is 0.321. The Morgan fingerprint density at radius 2 is 1.20 bits per heavy atom. The second-order valence-corrected chi connectivity index (χ2v) is 10.5. The highest BCUT2D eigenvalue weighted by Gasteiger charge is 2.11. The van der Waals surface area contributed by atoms with E-state index in [2.05, 4.69) is 25.1 Å². The van der Waals surface area contributed by atoms with Crippen LogP contribution in [0.5, 0.6) is 0 Å². The highest BCUT2D eigenvalue weighted by Crippen LogP contribution is 2.27. The van der Waals surface area contributed by atoms with E-state index in [0.717, 1.165) is 28.5 Å². The topological polar surface area (TPSA) is 125 Å². The summed E-state index contributed by atoms with van der Waals surface area (Å²) in [5.74, 6) is -0.761. The van der Waals surface area contributed by atoms with Crippen LogP contribution in [0.15, 0.2) is 90.1 Å². The van der Waals surface area contributed by atoms with Crippen LogP contribution in [0.3, 0.4) is 0 Å². The van der Waals surface area contributed by atoms with Gasteiger partial charge in [0.05, 0.1) is 38.2 Å². The van der Waals surface area contributed by atoms with E-state index in [-0.39, 0.29) is 11.3 Å². The summed E-state index contributed by atoms with van der Waals surface area (Å²) < 4.78 is 25.6. The first-order chi connectivity index (χ1) is 21.9. The van der Waals surface area contributed by atoms with Crippen molar-refractivity contribution in [3.05, 3.63) is 123 Å². The van der Waals surface area contributed by atoms with E-state index < -0.39 is 12.9 Å². The zero-order chi connectivity index (χ0) is 33.8. The molecule has 236 valence electrons. The second kappa shape index (κ2) is 17.4. The van der Waals surface area contributed by atoms with Gasteiger partial charge in [0.1, 0.15) is 22.7 Å². The van der Waals surface area contributed by atoms with Crippen molar-refractivity contribution in [1.82, 2.24) is 19.9 Å². The van der Waals surface area contributed by atoms with Crippen molar-refractivity contribution in [1.29, 1.82) is 0 Å². The normalized spacial score (nSPS) is 10.4. The zero-order valence-electron chi connectivity index (χ0n) is 24.7. The average Bonchev–Trinajstić information content (AvgIpc) is 3.03. The second-order valence-electron chi connectivity index (χ2n) is 9.29. The molecule has 3 N–H and O–H groups in total. The van der Waals surface area contributed by atoms with Crippen LogP contribution in [0.4, 0.5) is 8.78 Å². The molecule has 0 unspecified atom stereocenters. The Bertz CT molecular complexity index is 1970. The zero-order valence-corrected chi connectivity index (χ0v) is 27.0. The van der Waals surface area contributed by atoms with Crippen LogP contribution >= 0.6 is 34.8 Å². The number of halogens is 5. The molecular formula is C32H27BCl3F2N5O3. The Hall–Kier alpha value is -4.26. The molecule has 0 atom stereocenters. The number of nitrogens with zero attached hydrogens (tertiary/aromatic N) is 5. The van der Waals surface area contributed by atoms with Crippen molar-refractivity contribution in [3.63, 3.8) is 0 Å². The Labute approximate surface area is 279 Å². The summed E-state index contributed by atoms with van der Waals surface area (Å²) in [4.78, 5) is 17.4. The fourth-order valence-electron chi connectivity index (χ4n) is 3.82. The SMILES string of the molecule is C/C=N/O.Cc1nc2cccc(Cl)c2nc1-c1cccc(F)c1.Cc1nc2cccc(Cl)c2nc1Cl.OB(O)c1cccc(F)c1. The van der Waals surface area contributed by atoms with Gasteiger partial charge in [-0.05, 0) is 74.8 Å². The molecule has 46 heavy (non-hydrogen) atoms. The van der Waals surface area contributed by atoms with Gasteiger partial charge in [-0.15, -0.1) is 5.16 Å². The predicted molar refractivity (Wildman–Crippen MR) is 181 cm³/mol. The van der Waals surface area contributed by atoms with Crippen LogP contribution in [0.2, 0.25) is 15.2 Å². The molecule has 6 rings (SSSR count). The molecule has 0 aliphatic heterocycles. The van der Waals surface area contributed by atoms with Gasteiger partial charge in [0.25, 0.3) is 0 Å². The summed E-state index contributed by atoms with van der Waals surface area (Å²) in [5, 5.41) is 28.7. The smallest absolute Gasteiger partial charge is 0.423 e. The summed E-state index contributed by atoms with van der Waals surface area (Å²) in [7, 11) is -1.59. The molecule has 2 heterocycles. The van der Waals surface area contributed by atoms with E-state index >= 15 is 0 Å². The number of aromatic nitrogens is 4. The molecule has 4 aromatic carbocycles. The summed E-state index contributed by atoms with van der Waals surface area (Å²) in [6.07, 6.45) is 1.31. The third kappa shape index (κ3) is 10.1. The van der Waals surface area contributed by atoms with Crippen molar-refractivity contribution in [3.8, 4) is 11.3 Å². The Kier molecular flexibility index (Phi) is 13.7. The molecule has 8 nitrogen and oxygen atoms in total. The lowest BCUT2D eigenvalue weighted by Crippen LogP contribution is -2.29. The fourth-order valence-corrected chi connectivity index (χ4v) is 4.37. The number of fused-ring (bicyclic) bond motifs is 2. The van der Waals surface area contributed by atoms with Gasteiger partial charge in [-0.25, -0.2) is 28.7 Å². The molecule has 0 saturated heterocycles. The molecule has 14 heteroatoms. The average molecular weight is 685 g/mol. The Morgan fingerprint density at radius 1 is 0.696 bits per heavy atom. The molecule has 0 aliphatic rings. The minimum absolute atomic E-state index is 0.167. The van der Waals surface area contributed by atoms with Crippen molar-refractivity contribution in [2.45, 2.75) is 20.8 Å². The van der Waals surface area contributed by atoms with E-state index in [9.17, 15) is 8.78 Å². The third-order valence-electron chi connectivity index (χ3n) is 5.94. The fraction of sp³-hybridized carbons (Fsp3) is 0.0938. The molecule has 6 aromatic rings. The summed E-state index contributed by atoms with van der Waals surface area (Å²) in [5.41, 5.74) is 5.79. The Morgan fingerprint density at radius 3 is 1.70 bits per heavy atom. The van der Waals surface area contributed by atoms with Crippen LogP contribution in [-0.4, -0.2) is 48.5 Å². The summed E-state index contributed by atoms with van der Waals surface area (Å²) >= 11 is 17.9. The molecule has 0 fully saturated rings.